The Hall–Kier alpha value is -2.86. The molecule has 0 heterocycles. The fourth-order valence-electron chi connectivity index (χ4n) is 2.55. The van der Waals surface area contributed by atoms with Crippen LogP contribution in [0.25, 0.3) is 0 Å². The second kappa shape index (κ2) is 9.58. The monoisotopic (exact) mass is 355 g/mol. The predicted octanol–water partition coefficient (Wildman–Crippen LogP) is 2.52. The van der Waals surface area contributed by atoms with Crippen LogP contribution >= 0.6 is 0 Å². The number of amides is 2. The highest BCUT2D eigenvalue weighted by Crippen LogP contribution is 2.23. The van der Waals surface area contributed by atoms with Gasteiger partial charge in [-0.1, -0.05) is 24.3 Å². The Morgan fingerprint density at radius 2 is 1.77 bits per heavy atom. The summed E-state index contributed by atoms with van der Waals surface area (Å²) in [6.45, 7) is 1.33. The second-order valence-electron chi connectivity index (χ2n) is 6.01. The van der Waals surface area contributed by atoms with Crippen molar-refractivity contribution < 1.29 is 14.3 Å². The van der Waals surface area contributed by atoms with Crippen molar-refractivity contribution in [2.24, 2.45) is 0 Å². The zero-order chi connectivity index (χ0) is 18.9. The maximum Gasteiger partial charge on any atom is 0.251 e. The van der Waals surface area contributed by atoms with E-state index in [4.69, 9.17) is 4.74 Å². The third-order valence-corrected chi connectivity index (χ3v) is 4.00. The summed E-state index contributed by atoms with van der Waals surface area (Å²) in [4.78, 5) is 25.8. The standard InChI is InChI=1S/C20H25N3O3/c1-21-20(25)16-10-8-15(9-11-16)14-23(2)13-12-19(24)22-17-6-4-5-7-18(17)26-3/h4-11H,12-14H2,1-3H3,(H,21,25)(H,22,24). The van der Waals surface area contributed by atoms with Gasteiger partial charge in [0.25, 0.3) is 5.91 Å². The molecule has 0 atom stereocenters. The number of para-hydroxylation sites is 2. The number of nitrogens with zero attached hydrogens (tertiary/aromatic N) is 1. The largest absolute Gasteiger partial charge is 0.495 e. The van der Waals surface area contributed by atoms with Crippen LogP contribution in [0.2, 0.25) is 0 Å². The molecular weight excluding hydrogens is 330 g/mol. The molecule has 0 spiro atoms. The van der Waals surface area contributed by atoms with E-state index >= 15 is 0 Å². The average Bonchev–Trinajstić information content (AvgIpc) is 2.67. The molecule has 26 heavy (non-hydrogen) atoms. The van der Waals surface area contributed by atoms with Gasteiger partial charge in [0, 0.05) is 32.1 Å². The minimum Gasteiger partial charge on any atom is -0.495 e. The lowest BCUT2D eigenvalue weighted by Crippen LogP contribution is -2.24. The Bertz CT molecular complexity index is 744. The maximum atomic E-state index is 12.2. The zero-order valence-corrected chi connectivity index (χ0v) is 15.4. The molecule has 0 radical (unpaired) electrons. The molecule has 2 rings (SSSR count). The van der Waals surface area contributed by atoms with Crippen LogP contribution in [0.1, 0.15) is 22.3 Å². The van der Waals surface area contributed by atoms with Gasteiger partial charge < -0.3 is 20.3 Å². The van der Waals surface area contributed by atoms with E-state index in [9.17, 15) is 9.59 Å². The second-order valence-corrected chi connectivity index (χ2v) is 6.01. The highest BCUT2D eigenvalue weighted by Gasteiger charge is 2.09. The van der Waals surface area contributed by atoms with Crippen LogP contribution in [-0.4, -0.2) is 44.5 Å². The zero-order valence-electron chi connectivity index (χ0n) is 15.4. The first-order chi connectivity index (χ1) is 12.5. The molecule has 0 bridgehead atoms. The molecular formula is C20H25N3O3. The molecule has 0 fully saturated rings. The summed E-state index contributed by atoms with van der Waals surface area (Å²) in [6, 6.07) is 14.8. The fourth-order valence-corrected chi connectivity index (χ4v) is 2.55. The van der Waals surface area contributed by atoms with Crippen molar-refractivity contribution in [1.29, 1.82) is 0 Å². The van der Waals surface area contributed by atoms with Gasteiger partial charge in [0.15, 0.2) is 0 Å². The van der Waals surface area contributed by atoms with Crippen molar-refractivity contribution in [1.82, 2.24) is 10.2 Å². The van der Waals surface area contributed by atoms with Crippen molar-refractivity contribution in [2.75, 3.05) is 33.1 Å². The number of methoxy groups -OCH3 is 1. The highest BCUT2D eigenvalue weighted by molar-refractivity contribution is 5.94. The van der Waals surface area contributed by atoms with Crippen LogP contribution in [-0.2, 0) is 11.3 Å². The first-order valence-electron chi connectivity index (χ1n) is 8.46. The summed E-state index contributed by atoms with van der Waals surface area (Å²) in [5.74, 6) is 0.486. The van der Waals surface area contributed by atoms with Crippen molar-refractivity contribution >= 4 is 17.5 Å². The van der Waals surface area contributed by atoms with Gasteiger partial charge in [0.2, 0.25) is 5.91 Å². The molecule has 0 saturated carbocycles. The van der Waals surface area contributed by atoms with Gasteiger partial charge in [-0.05, 0) is 36.9 Å². The Labute approximate surface area is 154 Å². The molecule has 6 nitrogen and oxygen atoms in total. The Morgan fingerprint density at radius 1 is 1.08 bits per heavy atom. The molecule has 2 amide bonds. The third-order valence-electron chi connectivity index (χ3n) is 4.00. The molecule has 0 aromatic heterocycles. The average molecular weight is 355 g/mol. The number of nitrogens with one attached hydrogen (secondary N) is 2. The predicted molar refractivity (Wildman–Crippen MR) is 102 cm³/mol. The van der Waals surface area contributed by atoms with Crippen molar-refractivity contribution in [3.63, 3.8) is 0 Å². The number of carbonyl (C=O) groups excluding carboxylic acids is 2. The Balaban J connectivity index is 1.81. The Morgan fingerprint density at radius 3 is 2.42 bits per heavy atom. The molecule has 0 aliphatic rings. The molecule has 0 aliphatic carbocycles. The van der Waals surface area contributed by atoms with Crippen LogP contribution in [0.5, 0.6) is 5.75 Å². The van der Waals surface area contributed by atoms with Gasteiger partial charge in [-0.25, -0.2) is 0 Å². The number of hydrogen-bond acceptors (Lipinski definition) is 4. The van der Waals surface area contributed by atoms with E-state index in [1.54, 1.807) is 26.3 Å². The summed E-state index contributed by atoms with van der Waals surface area (Å²) < 4.78 is 5.23. The van der Waals surface area contributed by atoms with Crippen LogP contribution in [0.4, 0.5) is 5.69 Å². The number of anilines is 1. The molecule has 6 heteroatoms. The maximum absolute atomic E-state index is 12.2. The SMILES string of the molecule is CNC(=O)c1ccc(CN(C)CCC(=O)Nc2ccccc2OC)cc1. The van der Waals surface area contributed by atoms with E-state index in [2.05, 4.69) is 15.5 Å². The van der Waals surface area contributed by atoms with Crippen LogP contribution in [0.3, 0.4) is 0 Å². The van der Waals surface area contributed by atoms with E-state index in [-0.39, 0.29) is 11.8 Å². The molecule has 0 unspecified atom stereocenters. The first-order valence-corrected chi connectivity index (χ1v) is 8.46. The number of rotatable bonds is 8. The third kappa shape index (κ3) is 5.60. The highest BCUT2D eigenvalue weighted by atomic mass is 16.5. The number of hydrogen-bond donors (Lipinski definition) is 2. The number of ether oxygens (including phenoxy) is 1. The van der Waals surface area contributed by atoms with Crippen LogP contribution in [0, 0.1) is 0 Å². The lowest BCUT2D eigenvalue weighted by Gasteiger charge is -2.17. The van der Waals surface area contributed by atoms with Crippen molar-refractivity contribution in [2.45, 2.75) is 13.0 Å². The molecule has 2 N–H and O–H groups in total. The minimum absolute atomic E-state index is 0.0590. The Kier molecular flexibility index (Phi) is 7.17. The summed E-state index contributed by atoms with van der Waals surface area (Å²) in [5.41, 5.74) is 2.40. The molecule has 2 aromatic carbocycles. The quantitative estimate of drug-likeness (QED) is 0.763. The van der Waals surface area contributed by atoms with E-state index < -0.39 is 0 Å². The van der Waals surface area contributed by atoms with E-state index in [1.807, 2.05) is 43.4 Å². The summed E-state index contributed by atoms with van der Waals surface area (Å²) in [6.07, 6.45) is 0.380. The number of carbonyl (C=O) groups is 2. The summed E-state index contributed by atoms with van der Waals surface area (Å²) in [7, 11) is 5.15. The van der Waals surface area contributed by atoms with Gasteiger partial charge in [0.05, 0.1) is 12.8 Å². The van der Waals surface area contributed by atoms with E-state index in [0.29, 0.717) is 36.5 Å². The molecule has 0 saturated heterocycles. The van der Waals surface area contributed by atoms with Gasteiger partial charge in [-0.2, -0.15) is 0 Å². The number of benzene rings is 2. The molecule has 2 aromatic rings. The van der Waals surface area contributed by atoms with Crippen molar-refractivity contribution in [3.8, 4) is 5.75 Å². The topological polar surface area (TPSA) is 70.7 Å². The lowest BCUT2D eigenvalue weighted by molar-refractivity contribution is -0.116. The van der Waals surface area contributed by atoms with Gasteiger partial charge >= 0.3 is 0 Å². The fraction of sp³-hybridized carbons (Fsp3) is 0.300. The summed E-state index contributed by atoms with van der Waals surface area (Å²) >= 11 is 0. The van der Waals surface area contributed by atoms with Gasteiger partial charge in [0.1, 0.15) is 5.75 Å². The van der Waals surface area contributed by atoms with E-state index in [1.165, 1.54) is 0 Å². The smallest absolute Gasteiger partial charge is 0.251 e. The normalized spacial score (nSPS) is 10.5. The van der Waals surface area contributed by atoms with Gasteiger partial charge in [-0.15, -0.1) is 0 Å². The molecule has 0 aliphatic heterocycles. The van der Waals surface area contributed by atoms with Crippen LogP contribution in [0.15, 0.2) is 48.5 Å². The van der Waals surface area contributed by atoms with E-state index in [0.717, 1.165) is 5.56 Å². The van der Waals surface area contributed by atoms with Crippen molar-refractivity contribution in [3.05, 3.63) is 59.7 Å². The summed E-state index contributed by atoms with van der Waals surface area (Å²) in [5, 5.41) is 5.47. The van der Waals surface area contributed by atoms with Crippen LogP contribution < -0.4 is 15.4 Å². The lowest BCUT2D eigenvalue weighted by atomic mass is 10.1. The molecule has 138 valence electrons. The van der Waals surface area contributed by atoms with Gasteiger partial charge in [-0.3, -0.25) is 9.59 Å². The first kappa shape index (κ1) is 19.5. The minimum atomic E-state index is -0.0992.